The zero-order valence-corrected chi connectivity index (χ0v) is 16.0. The van der Waals surface area contributed by atoms with E-state index in [1.807, 2.05) is 23.1 Å². The average molecular weight is 400 g/mol. The molecule has 2 aromatic rings. The van der Waals surface area contributed by atoms with Crippen LogP contribution in [0.5, 0.6) is 0 Å². The monoisotopic (exact) mass is 400 g/mol. The summed E-state index contributed by atoms with van der Waals surface area (Å²) in [6.45, 7) is 3.54. The van der Waals surface area contributed by atoms with Gasteiger partial charge in [-0.05, 0) is 42.2 Å². The molecule has 3 nitrogen and oxygen atoms in total. The number of alkyl halides is 3. The van der Waals surface area contributed by atoms with Gasteiger partial charge in [0, 0.05) is 49.6 Å². The summed E-state index contributed by atoms with van der Waals surface area (Å²) in [6, 6.07) is 15.7. The van der Waals surface area contributed by atoms with Gasteiger partial charge < -0.3 is 9.80 Å². The zero-order valence-electron chi connectivity index (χ0n) is 16.0. The Morgan fingerprint density at radius 3 is 2.07 bits per heavy atom. The first kappa shape index (κ1) is 18.5. The van der Waals surface area contributed by atoms with E-state index in [4.69, 9.17) is 0 Å². The SMILES string of the molecule is O=C(C1CC1c1ccc(C(F)(F)F)cc1)N1CC2CN(c3ccccc3)CC2C1. The lowest BCUT2D eigenvalue weighted by molar-refractivity contribution is -0.137. The van der Waals surface area contributed by atoms with Gasteiger partial charge in [-0.15, -0.1) is 0 Å². The highest BCUT2D eigenvalue weighted by Crippen LogP contribution is 2.49. The molecule has 0 bridgehead atoms. The van der Waals surface area contributed by atoms with Crippen LogP contribution in [0, 0.1) is 17.8 Å². The number of likely N-dealkylation sites (tertiary alicyclic amines) is 1. The highest BCUT2D eigenvalue weighted by atomic mass is 19.4. The molecule has 2 aromatic carbocycles. The Bertz CT molecular complexity index is 883. The maximum atomic E-state index is 12.9. The number of carbonyl (C=O) groups is 1. The van der Waals surface area contributed by atoms with Crippen LogP contribution in [0.15, 0.2) is 54.6 Å². The first-order chi connectivity index (χ1) is 13.9. The molecular weight excluding hydrogens is 377 g/mol. The van der Waals surface area contributed by atoms with E-state index in [-0.39, 0.29) is 17.7 Å². The third kappa shape index (κ3) is 3.49. The van der Waals surface area contributed by atoms with Crippen LogP contribution in [0.2, 0.25) is 0 Å². The van der Waals surface area contributed by atoms with Crippen LogP contribution in [-0.4, -0.2) is 37.0 Å². The normalized spacial score (nSPS) is 28.5. The number of hydrogen-bond acceptors (Lipinski definition) is 2. The summed E-state index contributed by atoms with van der Waals surface area (Å²) in [5, 5.41) is 0. The van der Waals surface area contributed by atoms with Crippen molar-refractivity contribution in [3.8, 4) is 0 Å². The summed E-state index contributed by atoms with van der Waals surface area (Å²) < 4.78 is 38.2. The van der Waals surface area contributed by atoms with Crippen LogP contribution < -0.4 is 4.90 Å². The van der Waals surface area contributed by atoms with Gasteiger partial charge in [-0.2, -0.15) is 13.2 Å². The Balaban J connectivity index is 1.18. The third-order valence-corrected chi connectivity index (χ3v) is 6.69. The van der Waals surface area contributed by atoms with E-state index in [1.165, 1.54) is 17.8 Å². The lowest BCUT2D eigenvalue weighted by Crippen LogP contribution is -2.34. The Morgan fingerprint density at radius 1 is 0.862 bits per heavy atom. The molecule has 0 N–H and O–H groups in total. The Morgan fingerprint density at radius 2 is 1.48 bits per heavy atom. The summed E-state index contributed by atoms with van der Waals surface area (Å²) >= 11 is 0. The number of benzene rings is 2. The number of rotatable bonds is 3. The summed E-state index contributed by atoms with van der Waals surface area (Å²) in [5.74, 6) is 1.17. The van der Waals surface area contributed by atoms with Crippen molar-refractivity contribution in [2.45, 2.75) is 18.5 Å². The summed E-state index contributed by atoms with van der Waals surface area (Å²) in [5.41, 5.74) is 1.44. The van der Waals surface area contributed by atoms with E-state index in [0.29, 0.717) is 11.8 Å². The minimum atomic E-state index is -4.32. The van der Waals surface area contributed by atoms with E-state index in [1.54, 1.807) is 0 Å². The first-order valence-corrected chi connectivity index (χ1v) is 10.2. The predicted octanol–water partition coefficient (Wildman–Crippen LogP) is 4.40. The molecule has 152 valence electrons. The van der Waals surface area contributed by atoms with Gasteiger partial charge in [-0.3, -0.25) is 4.79 Å². The van der Waals surface area contributed by atoms with Gasteiger partial charge in [0.25, 0.3) is 0 Å². The van der Waals surface area contributed by atoms with E-state index in [2.05, 4.69) is 17.0 Å². The number of anilines is 1. The van der Waals surface area contributed by atoms with Gasteiger partial charge in [0.1, 0.15) is 0 Å². The number of fused-ring (bicyclic) bond motifs is 1. The average Bonchev–Trinajstić information content (AvgIpc) is 3.26. The van der Waals surface area contributed by atoms with Gasteiger partial charge in [0.2, 0.25) is 5.91 Å². The Hall–Kier alpha value is -2.50. The molecule has 0 aromatic heterocycles. The van der Waals surface area contributed by atoms with Gasteiger partial charge in [0.05, 0.1) is 5.56 Å². The van der Waals surface area contributed by atoms with Crippen molar-refractivity contribution in [2.24, 2.45) is 17.8 Å². The van der Waals surface area contributed by atoms with E-state index in [9.17, 15) is 18.0 Å². The van der Waals surface area contributed by atoms with Crippen LogP contribution >= 0.6 is 0 Å². The highest BCUT2D eigenvalue weighted by molar-refractivity contribution is 5.83. The van der Waals surface area contributed by atoms with Gasteiger partial charge >= 0.3 is 6.18 Å². The molecule has 3 fully saturated rings. The van der Waals surface area contributed by atoms with Gasteiger partial charge in [-0.1, -0.05) is 30.3 Å². The highest BCUT2D eigenvalue weighted by Gasteiger charge is 2.49. The molecule has 2 heterocycles. The van der Waals surface area contributed by atoms with Crippen molar-refractivity contribution < 1.29 is 18.0 Å². The van der Waals surface area contributed by atoms with Crippen LogP contribution in [-0.2, 0) is 11.0 Å². The number of para-hydroxylation sites is 1. The molecule has 3 aliphatic rings. The molecule has 29 heavy (non-hydrogen) atoms. The van der Waals surface area contributed by atoms with E-state index < -0.39 is 11.7 Å². The molecule has 4 atom stereocenters. The molecule has 1 aliphatic carbocycles. The van der Waals surface area contributed by atoms with E-state index in [0.717, 1.165) is 50.3 Å². The summed E-state index contributed by atoms with van der Waals surface area (Å²) in [7, 11) is 0. The number of nitrogens with zero attached hydrogens (tertiary/aromatic N) is 2. The molecule has 4 unspecified atom stereocenters. The second-order valence-electron chi connectivity index (χ2n) is 8.57. The molecule has 2 aliphatic heterocycles. The number of halogens is 3. The van der Waals surface area contributed by atoms with Crippen LogP contribution in [0.1, 0.15) is 23.5 Å². The zero-order chi connectivity index (χ0) is 20.2. The largest absolute Gasteiger partial charge is 0.416 e. The van der Waals surface area contributed by atoms with Crippen LogP contribution in [0.25, 0.3) is 0 Å². The number of amides is 1. The fourth-order valence-corrected chi connectivity index (χ4v) is 5.01. The molecule has 0 radical (unpaired) electrons. The minimum Gasteiger partial charge on any atom is -0.371 e. The maximum Gasteiger partial charge on any atom is 0.416 e. The standard InChI is InChI=1S/C23H23F3N2O/c24-23(25,26)18-8-6-15(7-9-18)20-10-21(20)22(29)28-13-16-11-27(12-17(16)14-28)19-4-2-1-3-5-19/h1-9,16-17,20-21H,10-14H2. The maximum absolute atomic E-state index is 12.9. The minimum absolute atomic E-state index is 0.0611. The lowest BCUT2D eigenvalue weighted by atomic mass is 10.0. The lowest BCUT2D eigenvalue weighted by Gasteiger charge is -2.23. The molecule has 1 amide bonds. The van der Waals surface area contributed by atoms with E-state index >= 15 is 0 Å². The first-order valence-electron chi connectivity index (χ1n) is 10.2. The Labute approximate surface area is 168 Å². The van der Waals surface area contributed by atoms with Crippen molar-refractivity contribution in [1.82, 2.24) is 4.90 Å². The third-order valence-electron chi connectivity index (χ3n) is 6.69. The smallest absolute Gasteiger partial charge is 0.371 e. The van der Waals surface area contributed by atoms with Crippen LogP contribution in [0.4, 0.5) is 18.9 Å². The molecule has 0 spiro atoms. The molecule has 6 heteroatoms. The van der Waals surface area contributed by atoms with Crippen molar-refractivity contribution in [3.05, 3.63) is 65.7 Å². The van der Waals surface area contributed by atoms with Crippen molar-refractivity contribution in [2.75, 3.05) is 31.1 Å². The Kier molecular flexibility index (Phi) is 4.33. The number of hydrogen-bond donors (Lipinski definition) is 0. The van der Waals surface area contributed by atoms with Crippen molar-refractivity contribution >= 4 is 11.6 Å². The second kappa shape index (κ2) is 6.78. The van der Waals surface area contributed by atoms with Crippen molar-refractivity contribution in [1.29, 1.82) is 0 Å². The molecule has 5 rings (SSSR count). The molecule has 1 saturated carbocycles. The summed E-state index contributed by atoms with van der Waals surface area (Å²) in [4.78, 5) is 17.3. The fraction of sp³-hybridized carbons (Fsp3) is 0.435. The molecular formula is C23H23F3N2O. The van der Waals surface area contributed by atoms with Gasteiger partial charge in [-0.25, -0.2) is 0 Å². The quantitative estimate of drug-likeness (QED) is 0.762. The van der Waals surface area contributed by atoms with Crippen molar-refractivity contribution in [3.63, 3.8) is 0 Å². The molecule has 2 saturated heterocycles. The topological polar surface area (TPSA) is 23.6 Å². The van der Waals surface area contributed by atoms with Crippen LogP contribution in [0.3, 0.4) is 0 Å². The number of carbonyl (C=O) groups excluding carboxylic acids is 1. The van der Waals surface area contributed by atoms with Gasteiger partial charge in [0.15, 0.2) is 0 Å². The predicted molar refractivity (Wildman–Crippen MR) is 105 cm³/mol. The second-order valence-corrected chi connectivity index (χ2v) is 8.57. The fourth-order valence-electron chi connectivity index (χ4n) is 5.01. The summed E-state index contributed by atoms with van der Waals surface area (Å²) in [6.07, 6.45) is -3.58.